The monoisotopic (exact) mass is 499 g/mol. The molecule has 0 unspecified atom stereocenters. The third kappa shape index (κ3) is 4.71. The van der Waals surface area contributed by atoms with Crippen LogP contribution in [0.25, 0.3) is 6.08 Å². The molecule has 0 aliphatic carbocycles. The molecule has 0 radical (unpaired) electrons. The van der Waals surface area contributed by atoms with Crippen molar-refractivity contribution >= 4 is 40.5 Å². The first-order valence-corrected chi connectivity index (χ1v) is 9.91. The molecule has 0 amide bonds. The minimum Gasteiger partial charge on any atom is -0.489 e. The second kappa shape index (κ2) is 8.57. The topological polar surface area (TPSA) is 47.9 Å². The summed E-state index contributed by atoms with van der Waals surface area (Å²) in [4.78, 5) is 16.2. The van der Waals surface area contributed by atoms with E-state index in [9.17, 15) is 9.18 Å². The van der Waals surface area contributed by atoms with Gasteiger partial charge in [-0.25, -0.2) is 14.2 Å². The molecule has 144 valence electrons. The van der Waals surface area contributed by atoms with Crippen LogP contribution in [0.4, 0.5) is 4.39 Å². The highest BCUT2D eigenvalue weighted by molar-refractivity contribution is 14.1. The van der Waals surface area contributed by atoms with Crippen molar-refractivity contribution in [2.75, 3.05) is 0 Å². The fraction of sp³-hybridized carbons (Fsp3) is 0.0435. The lowest BCUT2D eigenvalue weighted by Gasteiger charge is -2.07. The molecule has 0 aromatic heterocycles. The van der Waals surface area contributed by atoms with Crippen LogP contribution in [0.3, 0.4) is 0 Å². The Morgan fingerprint density at radius 3 is 2.59 bits per heavy atom. The van der Waals surface area contributed by atoms with Crippen LogP contribution in [0.15, 0.2) is 83.5 Å². The first kappa shape index (κ1) is 19.3. The lowest BCUT2D eigenvalue weighted by Crippen LogP contribution is -2.07. The Morgan fingerprint density at radius 1 is 1.03 bits per heavy atom. The zero-order chi connectivity index (χ0) is 20.2. The first-order chi connectivity index (χ1) is 14.1. The fourth-order valence-electron chi connectivity index (χ4n) is 2.77. The zero-order valence-corrected chi connectivity index (χ0v) is 17.3. The van der Waals surface area contributed by atoms with Crippen LogP contribution in [0.2, 0.25) is 0 Å². The second-order valence-corrected chi connectivity index (χ2v) is 7.55. The molecule has 0 bridgehead atoms. The highest BCUT2D eigenvalue weighted by Crippen LogP contribution is 2.22. The van der Waals surface area contributed by atoms with Gasteiger partial charge in [-0.05, 0) is 76.2 Å². The molecular weight excluding hydrogens is 484 g/mol. The first-order valence-electron chi connectivity index (χ1n) is 8.83. The molecule has 0 saturated carbocycles. The van der Waals surface area contributed by atoms with Crippen molar-refractivity contribution in [1.29, 1.82) is 0 Å². The van der Waals surface area contributed by atoms with Gasteiger partial charge in [0, 0.05) is 3.57 Å². The maximum atomic E-state index is 13.9. The summed E-state index contributed by atoms with van der Waals surface area (Å²) >= 11 is 2.26. The number of cyclic esters (lactones) is 1. The van der Waals surface area contributed by atoms with E-state index in [0.717, 1.165) is 20.4 Å². The van der Waals surface area contributed by atoms with E-state index in [1.54, 1.807) is 18.2 Å². The highest BCUT2D eigenvalue weighted by Gasteiger charge is 2.25. The number of carbonyl (C=O) groups excluding carboxylic acids is 1. The molecule has 4 nitrogen and oxygen atoms in total. The third-order valence-electron chi connectivity index (χ3n) is 4.20. The summed E-state index contributed by atoms with van der Waals surface area (Å²) in [5.74, 6) is -0.412. The molecule has 29 heavy (non-hydrogen) atoms. The van der Waals surface area contributed by atoms with Gasteiger partial charge in [0.25, 0.3) is 0 Å². The van der Waals surface area contributed by atoms with E-state index < -0.39 is 11.8 Å². The summed E-state index contributed by atoms with van der Waals surface area (Å²) in [6, 6.07) is 21.4. The van der Waals surface area contributed by atoms with Crippen molar-refractivity contribution in [2.24, 2.45) is 4.99 Å². The third-order valence-corrected chi connectivity index (χ3v) is 4.87. The maximum Gasteiger partial charge on any atom is 0.363 e. The Hall–Kier alpha value is -3.00. The summed E-state index contributed by atoms with van der Waals surface area (Å²) in [6.07, 6.45) is 1.60. The minimum absolute atomic E-state index is 0.0307. The van der Waals surface area contributed by atoms with E-state index in [2.05, 4.69) is 33.6 Å². The summed E-state index contributed by atoms with van der Waals surface area (Å²) < 4.78 is 25.9. The molecule has 0 atom stereocenters. The van der Waals surface area contributed by atoms with Gasteiger partial charge in [-0.1, -0.05) is 36.4 Å². The van der Waals surface area contributed by atoms with Gasteiger partial charge in [0.15, 0.2) is 5.70 Å². The van der Waals surface area contributed by atoms with Crippen LogP contribution in [0, 0.1) is 9.39 Å². The Labute approximate surface area is 180 Å². The Balaban J connectivity index is 1.47. The average Bonchev–Trinajstić information content (AvgIpc) is 3.08. The number of rotatable bonds is 5. The van der Waals surface area contributed by atoms with E-state index in [-0.39, 0.29) is 17.2 Å². The number of aliphatic imine (C=N–C) groups is 1. The van der Waals surface area contributed by atoms with Crippen LogP contribution >= 0.6 is 22.6 Å². The van der Waals surface area contributed by atoms with E-state index in [0.29, 0.717) is 6.61 Å². The second-order valence-electron chi connectivity index (χ2n) is 6.30. The molecule has 0 saturated heterocycles. The summed E-state index contributed by atoms with van der Waals surface area (Å²) in [7, 11) is 0. The summed E-state index contributed by atoms with van der Waals surface area (Å²) in [5.41, 5.74) is 2.13. The zero-order valence-electron chi connectivity index (χ0n) is 15.1. The number of ether oxygens (including phenoxy) is 2. The number of benzene rings is 3. The van der Waals surface area contributed by atoms with Crippen molar-refractivity contribution in [1.82, 2.24) is 0 Å². The molecule has 6 heteroatoms. The number of hydrogen-bond acceptors (Lipinski definition) is 4. The summed E-state index contributed by atoms with van der Waals surface area (Å²) in [5, 5.41) is 0. The van der Waals surface area contributed by atoms with Crippen LogP contribution < -0.4 is 4.74 Å². The van der Waals surface area contributed by atoms with Crippen molar-refractivity contribution in [3.63, 3.8) is 0 Å². The molecule has 3 aromatic carbocycles. The maximum absolute atomic E-state index is 13.9. The summed E-state index contributed by atoms with van der Waals surface area (Å²) in [6.45, 7) is 0.472. The quantitative estimate of drug-likeness (QED) is 0.270. The van der Waals surface area contributed by atoms with Gasteiger partial charge in [-0.15, -0.1) is 0 Å². The van der Waals surface area contributed by atoms with Gasteiger partial charge in [-0.3, -0.25) is 0 Å². The molecule has 0 N–H and O–H groups in total. The van der Waals surface area contributed by atoms with Crippen LogP contribution in [-0.2, 0) is 16.1 Å². The van der Waals surface area contributed by atoms with E-state index >= 15 is 0 Å². The van der Waals surface area contributed by atoms with Crippen molar-refractivity contribution in [3.05, 3.63) is 105 Å². The molecular formula is C23H15FINO3. The lowest BCUT2D eigenvalue weighted by molar-refractivity contribution is -0.129. The number of carbonyl (C=O) groups is 1. The van der Waals surface area contributed by atoms with Crippen LogP contribution in [0.5, 0.6) is 5.75 Å². The van der Waals surface area contributed by atoms with E-state index in [1.165, 1.54) is 12.1 Å². The molecule has 4 rings (SSSR count). The molecule has 1 aliphatic heterocycles. The number of halogens is 2. The number of hydrogen-bond donors (Lipinski definition) is 0. The van der Waals surface area contributed by atoms with Gasteiger partial charge in [0.1, 0.15) is 18.2 Å². The molecule has 1 heterocycles. The normalized spacial score (nSPS) is 14.6. The molecule has 0 fully saturated rings. The minimum atomic E-state index is -0.609. The highest BCUT2D eigenvalue weighted by atomic mass is 127. The Morgan fingerprint density at radius 2 is 1.83 bits per heavy atom. The number of nitrogens with zero attached hydrogens (tertiary/aromatic N) is 1. The van der Waals surface area contributed by atoms with Crippen LogP contribution in [-0.4, -0.2) is 11.9 Å². The number of esters is 1. The smallest absolute Gasteiger partial charge is 0.363 e. The SMILES string of the molecule is O=C1OC(c2ccccc2F)=N/C1=C\c1ccc(OCc2cccc(I)c2)cc1. The molecule has 3 aromatic rings. The standard InChI is InChI=1S/C23H15FINO3/c24-20-7-2-1-6-19(20)22-26-21(23(27)29-22)13-15-8-10-18(11-9-15)28-14-16-4-3-5-17(25)12-16/h1-13H,14H2/b21-13-. The predicted octanol–water partition coefficient (Wildman–Crippen LogP) is 5.35. The Kier molecular flexibility index (Phi) is 5.71. The van der Waals surface area contributed by atoms with Gasteiger partial charge in [0.05, 0.1) is 5.56 Å². The van der Waals surface area contributed by atoms with Crippen molar-refractivity contribution < 1.29 is 18.7 Å². The van der Waals surface area contributed by atoms with Crippen molar-refractivity contribution in [2.45, 2.75) is 6.61 Å². The van der Waals surface area contributed by atoms with E-state index in [1.807, 2.05) is 42.5 Å². The lowest BCUT2D eigenvalue weighted by atomic mass is 10.2. The van der Waals surface area contributed by atoms with Crippen molar-refractivity contribution in [3.8, 4) is 5.75 Å². The predicted molar refractivity (Wildman–Crippen MR) is 117 cm³/mol. The van der Waals surface area contributed by atoms with Gasteiger partial charge >= 0.3 is 5.97 Å². The van der Waals surface area contributed by atoms with Gasteiger partial charge < -0.3 is 9.47 Å². The van der Waals surface area contributed by atoms with Gasteiger partial charge in [0.2, 0.25) is 5.90 Å². The van der Waals surface area contributed by atoms with Gasteiger partial charge in [-0.2, -0.15) is 0 Å². The fourth-order valence-corrected chi connectivity index (χ4v) is 3.38. The Bertz CT molecular complexity index is 1120. The average molecular weight is 499 g/mol. The van der Waals surface area contributed by atoms with Crippen LogP contribution in [0.1, 0.15) is 16.7 Å². The molecule has 1 aliphatic rings. The molecule has 0 spiro atoms. The van der Waals surface area contributed by atoms with E-state index in [4.69, 9.17) is 9.47 Å². The largest absolute Gasteiger partial charge is 0.489 e.